The first kappa shape index (κ1) is 10.2. The van der Waals surface area contributed by atoms with Gasteiger partial charge in [-0.15, -0.1) is 0 Å². The van der Waals surface area contributed by atoms with Crippen LogP contribution in [-0.4, -0.2) is 23.7 Å². The van der Waals surface area contributed by atoms with Crippen molar-refractivity contribution in [3.63, 3.8) is 0 Å². The molecule has 0 saturated heterocycles. The van der Waals surface area contributed by atoms with Gasteiger partial charge < -0.3 is 10.4 Å². The Kier molecular flexibility index (Phi) is 2.73. The Morgan fingerprint density at radius 3 is 3.00 bits per heavy atom. The standard InChI is InChI=1S/C12H15NO2/c1-8(14)12(15)13-7-10-6-9-4-2-3-5-11(9)10/h2-5,8,10,14H,6-7H2,1H3,(H,13,15). The fraction of sp³-hybridized carbons (Fsp3) is 0.417. The molecule has 3 heteroatoms. The average Bonchev–Trinajstić information content (AvgIpc) is 2.19. The van der Waals surface area contributed by atoms with E-state index in [-0.39, 0.29) is 5.91 Å². The number of benzene rings is 1. The van der Waals surface area contributed by atoms with Gasteiger partial charge in [-0.2, -0.15) is 0 Å². The molecule has 1 aromatic carbocycles. The summed E-state index contributed by atoms with van der Waals surface area (Å²) in [7, 11) is 0. The van der Waals surface area contributed by atoms with Gasteiger partial charge in [0.25, 0.3) is 0 Å². The summed E-state index contributed by atoms with van der Waals surface area (Å²) in [6, 6.07) is 8.26. The van der Waals surface area contributed by atoms with Crippen molar-refractivity contribution >= 4 is 5.91 Å². The molecule has 1 amide bonds. The molecule has 2 unspecified atom stereocenters. The van der Waals surface area contributed by atoms with Crippen molar-refractivity contribution < 1.29 is 9.90 Å². The predicted molar refractivity (Wildman–Crippen MR) is 57.6 cm³/mol. The Labute approximate surface area is 89.1 Å². The maximum absolute atomic E-state index is 11.1. The van der Waals surface area contributed by atoms with Gasteiger partial charge in [-0.1, -0.05) is 24.3 Å². The predicted octanol–water partition coefficient (Wildman–Crippen LogP) is 0.823. The maximum Gasteiger partial charge on any atom is 0.248 e. The van der Waals surface area contributed by atoms with Crippen molar-refractivity contribution in [2.24, 2.45) is 0 Å². The van der Waals surface area contributed by atoms with E-state index < -0.39 is 6.10 Å². The second-order valence-corrected chi connectivity index (χ2v) is 4.02. The second-order valence-electron chi connectivity index (χ2n) is 4.02. The summed E-state index contributed by atoms with van der Waals surface area (Å²) in [5.41, 5.74) is 2.69. The molecular formula is C12H15NO2. The SMILES string of the molecule is CC(O)C(=O)NCC1Cc2ccccc21. The molecule has 0 bridgehead atoms. The summed E-state index contributed by atoms with van der Waals surface area (Å²) >= 11 is 0. The molecule has 2 rings (SSSR count). The van der Waals surface area contributed by atoms with Crippen LogP contribution in [0.15, 0.2) is 24.3 Å². The zero-order chi connectivity index (χ0) is 10.8. The molecule has 0 spiro atoms. The van der Waals surface area contributed by atoms with Gasteiger partial charge in [0.15, 0.2) is 0 Å². The molecule has 0 saturated carbocycles. The second kappa shape index (κ2) is 4.03. The van der Waals surface area contributed by atoms with Gasteiger partial charge >= 0.3 is 0 Å². The number of amides is 1. The van der Waals surface area contributed by atoms with Crippen LogP contribution in [0.4, 0.5) is 0 Å². The number of nitrogens with one attached hydrogen (secondary N) is 1. The van der Waals surface area contributed by atoms with Gasteiger partial charge in [-0.3, -0.25) is 4.79 Å². The molecular weight excluding hydrogens is 190 g/mol. The van der Waals surface area contributed by atoms with Gasteiger partial charge in [0.1, 0.15) is 6.10 Å². The van der Waals surface area contributed by atoms with Crippen LogP contribution in [-0.2, 0) is 11.2 Å². The fourth-order valence-electron chi connectivity index (χ4n) is 1.92. The van der Waals surface area contributed by atoms with Crippen LogP contribution in [0.1, 0.15) is 24.0 Å². The summed E-state index contributed by atoms with van der Waals surface area (Å²) in [5, 5.41) is 11.7. The van der Waals surface area contributed by atoms with E-state index in [1.165, 1.54) is 18.1 Å². The number of hydrogen-bond acceptors (Lipinski definition) is 2. The Balaban J connectivity index is 1.88. The summed E-state index contributed by atoms with van der Waals surface area (Å²) in [6.45, 7) is 2.10. The molecule has 2 atom stereocenters. The van der Waals surface area contributed by atoms with Crippen LogP contribution in [0.3, 0.4) is 0 Å². The smallest absolute Gasteiger partial charge is 0.248 e. The van der Waals surface area contributed by atoms with Crippen LogP contribution in [0, 0.1) is 0 Å². The van der Waals surface area contributed by atoms with E-state index in [1.807, 2.05) is 12.1 Å². The molecule has 2 N–H and O–H groups in total. The third kappa shape index (κ3) is 2.02. The first-order valence-electron chi connectivity index (χ1n) is 5.22. The minimum absolute atomic E-state index is 0.292. The minimum atomic E-state index is -0.916. The lowest BCUT2D eigenvalue weighted by Crippen LogP contribution is -2.37. The Bertz CT molecular complexity index is 374. The summed E-state index contributed by atoms with van der Waals surface area (Å²) < 4.78 is 0. The lowest BCUT2D eigenvalue weighted by atomic mass is 9.77. The Hall–Kier alpha value is -1.35. The van der Waals surface area contributed by atoms with Crippen molar-refractivity contribution in [3.05, 3.63) is 35.4 Å². The zero-order valence-corrected chi connectivity index (χ0v) is 8.73. The first-order chi connectivity index (χ1) is 7.18. The van der Waals surface area contributed by atoms with Crippen LogP contribution in [0.25, 0.3) is 0 Å². The van der Waals surface area contributed by atoms with Crippen LogP contribution >= 0.6 is 0 Å². The molecule has 0 aliphatic heterocycles. The number of aliphatic hydroxyl groups is 1. The lowest BCUT2D eigenvalue weighted by molar-refractivity contribution is -0.128. The first-order valence-corrected chi connectivity index (χ1v) is 5.22. The highest BCUT2D eigenvalue weighted by atomic mass is 16.3. The topological polar surface area (TPSA) is 49.3 Å². The van der Waals surface area contributed by atoms with Crippen LogP contribution < -0.4 is 5.32 Å². The van der Waals surface area contributed by atoms with Crippen LogP contribution in [0.2, 0.25) is 0 Å². The third-order valence-corrected chi connectivity index (χ3v) is 2.86. The van der Waals surface area contributed by atoms with E-state index in [0.717, 1.165) is 6.42 Å². The van der Waals surface area contributed by atoms with E-state index in [1.54, 1.807) is 0 Å². The van der Waals surface area contributed by atoms with Crippen LogP contribution in [0.5, 0.6) is 0 Å². The number of aliphatic hydroxyl groups excluding tert-OH is 1. The number of rotatable bonds is 3. The number of hydrogen-bond donors (Lipinski definition) is 2. The monoisotopic (exact) mass is 205 g/mol. The quantitative estimate of drug-likeness (QED) is 0.767. The highest BCUT2D eigenvalue weighted by Gasteiger charge is 2.25. The summed E-state index contributed by atoms with van der Waals surface area (Å²) in [5.74, 6) is 0.128. The van der Waals surface area contributed by atoms with E-state index >= 15 is 0 Å². The van der Waals surface area contributed by atoms with Crippen molar-refractivity contribution in [1.29, 1.82) is 0 Å². The third-order valence-electron chi connectivity index (χ3n) is 2.86. The van der Waals surface area contributed by atoms with Gasteiger partial charge in [0.2, 0.25) is 5.91 Å². The molecule has 3 nitrogen and oxygen atoms in total. The minimum Gasteiger partial charge on any atom is -0.384 e. The largest absolute Gasteiger partial charge is 0.384 e. The summed E-state index contributed by atoms with van der Waals surface area (Å²) in [6.07, 6.45) is 0.108. The van der Waals surface area contributed by atoms with E-state index in [0.29, 0.717) is 12.5 Å². The van der Waals surface area contributed by atoms with E-state index in [9.17, 15) is 4.79 Å². The fourth-order valence-corrected chi connectivity index (χ4v) is 1.92. The van der Waals surface area contributed by atoms with Gasteiger partial charge in [-0.05, 0) is 24.5 Å². The van der Waals surface area contributed by atoms with Gasteiger partial charge in [-0.25, -0.2) is 0 Å². The Morgan fingerprint density at radius 1 is 1.60 bits per heavy atom. The van der Waals surface area contributed by atoms with Gasteiger partial charge in [0, 0.05) is 12.5 Å². The normalized spacial score (nSPS) is 20.0. The molecule has 1 aliphatic carbocycles. The number of carbonyl (C=O) groups is 1. The molecule has 0 aromatic heterocycles. The number of fused-ring (bicyclic) bond motifs is 1. The molecule has 15 heavy (non-hydrogen) atoms. The maximum atomic E-state index is 11.1. The zero-order valence-electron chi connectivity index (χ0n) is 8.73. The molecule has 0 heterocycles. The molecule has 0 radical (unpaired) electrons. The highest BCUT2D eigenvalue weighted by Crippen LogP contribution is 2.33. The summed E-state index contributed by atoms with van der Waals surface area (Å²) in [4.78, 5) is 11.1. The highest BCUT2D eigenvalue weighted by molar-refractivity contribution is 5.80. The number of carbonyl (C=O) groups excluding carboxylic acids is 1. The van der Waals surface area contributed by atoms with Crippen molar-refractivity contribution in [3.8, 4) is 0 Å². The molecule has 1 aromatic rings. The molecule has 0 fully saturated rings. The molecule has 1 aliphatic rings. The van der Waals surface area contributed by atoms with Crippen molar-refractivity contribution in [2.45, 2.75) is 25.4 Å². The van der Waals surface area contributed by atoms with Gasteiger partial charge in [0.05, 0.1) is 0 Å². The average molecular weight is 205 g/mol. The van der Waals surface area contributed by atoms with Crippen molar-refractivity contribution in [1.82, 2.24) is 5.32 Å². The molecule has 80 valence electrons. The van der Waals surface area contributed by atoms with Crippen molar-refractivity contribution in [2.75, 3.05) is 6.54 Å². The lowest BCUT2D eigenvalue weighted by Gasteiger charge is -2.30. The Morgan fingerprint density at radius 2 is 2.33 bits per heavy atom. The van der Waals surface area contributed by atoms with E-state index in [4.69, 9.17) is 5.11 Å². The van der Waals surface area contributed by atoms with E-state index in [2.05, 4.69) is 17.4 Å².